The summed E-state index contributed by atoms with van der Waals surface area (Å²) >= 11 is 0. The second-order valence-corrected chi connectivity index (χ2v) is 4.13. The summed E-state index contributed by atoms with van der Waals surface area (Å²) in [4.78, 5) is 4.26. The number of rotatable bonds is 5. The number of hydrogen-bond donors (Lipinski definition) is 3. The Morgan fingerprint density at radius 1 is 1.53 bits per heavy atom. The molecule has 0 aliphatic carbocycles. The molecule has 0 amide bonds. The Labute approximate surface area is 99.6 Å². The summed E-state index contributed by atoms with van der Waals surface area (Å²) in [6.45, 7) is 2.50. The number of para-hydroxylation sites is 1. The summed E-state index contributed by atoms with van der Waals surface area (Å²) in [5.41, 5.74) is 7.76. The number of hydrogen-bond acceptors (Lipinski definition) is 5. The van der Waals surface area contributed by atoms with Gasteiger partial charge in [0.05, 0.1) is 11.8 Å². The minimum atomic E-state index is -0.268. The van der Waals surface area contributed by atoms with E-state index in [4.69, 9.17) is 15.3 Å². The van der Waals surface area contributed by atoms with E-state index in [2.05, 4.69) is 10.3 Å². The molecule has 0 aliphatic rings. The number of anilines is 2. The topological polar surface area (TPSA) is 84.3 Å². The quantitative estimate of drug-likeness (QED) is 0.545. The number of nitrogens with zero attached hydrogens (tertiary/aromatic N) is 1. The predicted octanol–water partition coefficient (Wildman–Crippen LogP) is 1.98. The molecule has 1 atom stereocenters. The van der Waals surface area contributed by atoms with Crippen molar-refractivity contribution in [1.29, 1.82) is 0 Å². The average molecular weight is 235 g/mol. The van der Waals surface area contributed by atoms with Gasteiger partial charge in [-0.2, -0.15) is 4.98 Å². The number of nitrogens with one attached hydrogen (secondary N) is 1. The summed E-state index contributed by atoms with van der Waals surface area (Å²) in [5.74, 6) is 0. The Kier molecular flexibility index (Phi) is 3.49. The van der Waals surface area contributed by atoms with E-state index < -0.39 is 0 Å². The summed E-state index contributed by atoms with van der Waals surface area (Å²) in [6, 6.07) is 5.94. The lowest BCUT2D eigenvalue weighted by molar-refractivity contribution is 0.183. The van der Waals surface area contributed by atoms with E-state index in [1.54, 1.807) is 13.0 Å². The Bertz CT molecular complexity index is 493. The number of nitrogen functional groups attached to an aromatic ring is 1. The van der Waals surface area contributed by atoms with Gasteiger partial charge in [-0.05, 0) is 31.9 Å². The molecule has 92 valence electrons. The van der Waals surface area contributed by atoms with Crippen molar-refractivity contribution in [2.75, 3.05) is 17.6 Å². The van der Waals surface area contributed by atoms with Crippen LogP contribution in [0.5, 0.6) is 0 Å². The molecule has 4 N–H and O–H groups in total. The first kappa shape index (κ1) is 11.7. The second kappa shape index (κ2) is 5.05. The van der Waals surface area contributed by atoms with Gasteiger partial charge in [-0.1, -0.05) is 6.07 Å². The molecule has 0 bridgehead atoms. The number of benzene rings is 1. The van der Waals surface area contributed by atoms with Crippen molar-refractivity contribution in [2.45, 2.75) is 25.9 Å². The standard InChI is InChI=1S/C12H17N3O2/c1-8(16)4-3-7-14-12-15-11-9(13)5-2-6-10(11)17-12/h2,5-6,8,16H,3-4,7,13H2,1H3,(H,14,15). The fraction of sp³-hybridized carbons (Fsp3) is 0.417. The first-order valence-electron chi connectivity index (χ1n) is 5.74. The van der Waals surface area contributed by atoms with E-state index in [1.165, 1.54) is 0 Å². The van der Waals surface area contributed by atoms with E-state index in [1.807, 2.05) is 12.1 Å². The van der Waals surface area contributed by atoms with Crippen molar-refractivity contribution >= 4 is 22.8 Å². The molecule has 5 nitrogen and oxygen atoms in total. The van der Waals surface area contributed by atoms with Gasteiger partial charge in [-0.25, -0.2) is 0 Å². The van der Waals surface area contributed by atoms with Crippen molar-refractivity contribution in [1.82, 2.24) is 4.98 Å². The molecule has 5 heteroatoms. The van der Waals surface area contributed by atoms with E-state index in [0.717, 1.165) is 19.4 Å². The average Bonchev–Trinajstić information content (AvgIpc) is 2.69. The highest BCUT2D eigenvalue weighted by Crippen LogP contribution is 2.23. The maximum Gasteiger partial charge on any atom is 0.295 e. The third-order valence-electron chi connectivity index (χ3n) is 2.53. The second-order valence-electron chi connectivity index (χ2n) is 4.13. The molecule has 0 saturated carbocycles. The lowest BCUT2D eigenvalue weighted by Gasteiger charge is -2.03. The summed E-state index contributed by atoms with van der Waals surface area (Å²) < 4.78 is 5.49. The SMILES string of the molecule is CC(O)CCCNc1nc2c(N)cccc2o1. The van der Waals surface area contributed by atoms with Crippen LogP contribution in [0.25, 0.3) is 11.1 Å². The van der Waals surface area contributed by atoms with Gasteiger partial charge in [0.1, 0.15) is 5.52 Å². The Morgan fingerprint density at radius 2 is 2.35 bits per heavy atom. The number of oxazole rings is 1. The van der Waals surface area contributed by atoms with Crippen LogP contribution >= 0.6 is 0 Å². The number of aliphatic hydroxyl groups is 1. The molecular weight excluding hydrogens is 218 g/mol. The van der Waals surface area contributed by atoms with E-state index in [-0.39, 0.29) is 6.10 Å². The maximum absolute atomic E-state index is 9.12. The zero-order valence-corrected chi connectivity index (χ0v) is 9.81. The van der Waals surface area contributed by atoms with Crippen LogP contribution in [0.2, 0.25) is 0 Å². The van der Waals surface area contributed by atoms with E-state index in [0.29, 0.717) is 22.8 Å². The third-order valence-corrected chi connectivity index (χ3v) is 2.53. The molecule has 17 heavy (non-hydrogen) atoms. The minimum absolute atomic E-state index is 0.268. The lowest BCUT2D eigenvalue weighted by atomic mass is 10.2. The zero-order valence-electron chi connectivity index (χ0n) is 9.81. The van der Waals surface area contributed by atoms with Crippen molar-refractivity contribution in [2.24, 2.45) is 0 Å². The normalized spacial score (nSPS) is 12.8. The molecule has 0 aliphatic heterocycles. The molecule has 1 unspecified atom stereocenters. The largest absolute Gasteiger partial charge is 0.423 e. The van der Waals surface area contributed by atoms with Crippen molar-refractivity contribution < 1.29 is 9.52 Å². The molecule has 1 aromatic heterocycles. The lowest BCUT2D eigenvalue weighted by Crippen LogP contribution is -2.06. The maximum atomic E-state index is 9.12. The highest BCUT2D eigenvalue weighted by molar-refractivity contribution is 5.86. The molecule has 1 heterocycles. The molecule has 1 aromatic carbocycles. The summed E-state index contributed by atoms with van der Waals surface area (Å²) in [6.07, 6.45) is 1.36. The monoisotopic (exact) mass is 235 g/mol. The number of aliphatic hydroxyl groups excluding tert-OH is 1. The van der Waals surface area contributed by atoms with Gasteiger partial charge in [-0.3, -0.25) is 0 Å². The molecule has 2 rings (SSSR count). The van der Waals surface area contributed by atoms with Gasteiger partial charge in [0, 0.05) is 6.54 Å². The molecule has 0 saturated heterocycles. The van der Waals surface area contributed by atoms with Gasteiger partial charge in [0.2, 0.25) is 0 Å². The highest BCUT2D eigenvalue weighted by Gasteiger charge is 2.07. The smallest absolute Gasteiger partial charge is 0.295 e. The summed E-state index contributed by atoms with van der Waals surface area (Å²) in [5, 5.41) is 12.2. The molecule has 0 spiro atoms. The Hall–Kier alpha value is -1.75. The van der Waals surface area contributed by atoms with Crippen molar-refractivity contribution in [3.05, 3.63) is 18.2 Å². The first-order valence-corrected chi connectivity index (χ1v) is 5.74. The Morgan fingerprint density at radius 3 is 3.06 bits per heavy atom. The van der Waals surface area contributed by atoms with Crippen LogP contribution in [0, 0.1) is 0 Å². The first-order chi connectivity index (χ1) is 8.16. The van der Waals surface area contributed by atoms with Crippen LogP contribution in [-0.4, -0.2) is 22.7 Å². The van der Waals surface area contributed by atoms with Gasteiger partial charge in [0.25, 0.3) is 6.01 Å². The highest BCUT2D eigenvalue weighted by atomic mass is 16.4. The van der Waals surface area contributed by atoms with E-state index >= 15 is 0 Å². The number of aromatic nitrogens is 1. The van der Waals surface area contributed by atoms with Crippen LogP contribution in [0.15, 0.2) is 22.6 Å². The zero-order chi connectivity index (χ0) is 12.3. The Balaban J connectivity index is 1.98. The van der Waals surface area contributed by atoms with Gasteiger partial charge in [0.15, 0.2) is 5.58 Å². The summed E-state index contributed by atoms with van der Waals surface area (Å²) in [7, 11) is 0. The van der Waals surface area contributed by atoms with Crippen molar-refractivity contribution in [3.8, 4) is 0 Å². The minimum Gasteiger partial charge on any atom is -0.423 e. The molecular formula is C12H17N3O2. The fourth-order valence-corrected chi connectivity index (χ4v) is 1.64. The van der Waals surface area contributed by atoms with Crippen LogP contribution in [0.1, 0.15) is 19.8 Å². The van der Waals surface area contributed by atoms with Crippen molar-refractivity contribution in [3.63, 3.8) is 0 Å². The fourth-order valence-electron chi connectivity index (χ4n) is 1.64. The van der Waals surface area contributed by atoms with Gasteiger partial charge in [-0.15, -0.1) is 0 Å². The molecule has 2 aromatic rings. The number of nitrogens with two attached hydrogens (primary N) is 1. The molecule has 0 fully saturated rings. The van der Waals surface area contributed by atoms with Crippen LogP contribution in [-0.2, 0) is 0 Å². The van der Waals surface area contributed by atoms with Crippen LogP contribution < -0.4 is 11.1 Å². The van der Waals surface area contributed by atoms with Crippen LogP contribution in [0.4, 0.5) is 11.7 Å². The number of fused-ring (bicyclic) bond motifs is 1. The van der Waals surface area contributed by atoms with Gasteiger partial charge >= 0.3 is 0 Å². The molecule has 0 radical (unpaired) electrons. The van der Waals surface area contributed by atoms with Crippen LogP contribution in [0.3, 0.4) is 0 Å². The third kappa shape index (κ3) is 2.88. The van der Waals surface area contributed by atoms with E-state index in [9.17, 15) is 0 Å². The van der Waals surface area contributed by atoms with Gasteiger partial charge < -0.3 is 20.6 Å². The predicted molar refractivity (Wildman–Crippen MR) is 67.8 cm³/mol.